The summed E-state index contributed by atoms with van der Waals surface area (Å²) in [6, 6.07) is 0. The van der Waals surface area contributed by atoms with E-state index in [2.05, 4.69) is 0 Å². The highest BCUT2D eigenvalue weighted by atomic mass is 32.2. The highest BCUT2D eigenvalue weighted by molar-refractivity contribution is 8.01. The molecule has 1 heterocycles. The van der Waals surface area contributed by atoms with E-state index in [1.807, 2.05) is 11.8 Å². The molecule has 1 aliphatic heterocycles. The van der Waals surface area contributed by atoms with Crippen LogP contribution in [0.15, 0.2) is 0 Å². The van der Waals surface area contributed by atoms with Gasteiger partial charge >= 0.3 is 5.97 Å². The quantitative estimate of drug-likeness (QED) is 0.732. The number of thioether (sulfide) groups is 1. The molecule has 3 heteroatoms. The minimum atomic E-state index is -0.558. The Balaban J connectivity index is 1.95. The highest BCUT2D eigenvalue weighted by Gasteiger charge is 2.41. The van der Waals surface area contributed by atoms with E-state index in [-0.39, 0.29) is 5.92 Å². The number of carboxylic acid groups (broad SMARTS) is 1. The first-order chi connectivity index (χ1) is 5.79. The lowest BCUT2D eigenvalue weighted by Crippen LogP contribution is -2.40. The lowest BCUT2D eigenvalue weighted by atomic mass is 9.74. The third-order valence-corrected chi connectivity index (χ3v) is 4.51. The molecule has 1 aliphatic carbocycles. The van der Waals surface area contributed by atoms with Crippen LogP contribution in [0.25, 0.3) is 0 Å². The summed E-state index contributed by atoms with van der Waals surface area (Å²) < 4.78 is 0. The molecule has 12 heavy (non-hydrogen) atoms. The molecule has 0 amide bonds. The van der Waals surface area contributed by atoms with E-state index in [9.17, 15) is 4.79 Å². The summed E-state index contributed by atoms with van der Waals surface area (Å²) in [5.74, 6) is 1.08. The molecule has 0 aromatic heterocycles. The molecule has 0 aromatic carbocycles. The zero-order valence-corrected chi connectivity index (χ0v) is 7.85. The van der Waals surface area contributed by atoms with Crippen LogP contribution in [0.3, 0.4) is 0 Å². The molecule has 1 saturated carbocycles. The SMILES string of the molecule is O=C(O)C(C1CCC1)C1CCS1. The highest BCUT2D eigenvalue weighted by Crippen LogP contribution is 2.44. The van der Waals surface area contributed by atoms with Crippen molar-refractivity contribution in [3.63, 3.8) is 0 Å². The average molecular weight is 186 g/mol. The maximum absolute atomic E-state index is 11.0. The van der Waals surface area contributed by atoms with Gasteiger partial charge in [-0.2, -0.15) is 11.8 Å². The van der Waals surface area contributed by atoms with Crippen molar-refractivity contribution in [2.75, 3.05) is 5.75 Å². The Bertz CT molecular complexity index is 171. The number of rotatable bonds is 3. The molecule has 2 nitrogen and oxygen atoms in total. The van der Waals surface area contributed by atoms with Crippen LogP contribution < -0.4 is 0 Å². The van der Waals surface area contributed by atoms with Crippen molar-refractivity contribution < 1.29 is 9.90 Å². The number of carbonyl (C=O) groups is 1. The van der Waals surface area contributed by atoms with Gasteiger partial charge in [0.05, 0.1) is 5.92 Å². The summed E-state index contributed by atoms with van der Waals surface area (Å²) in [7, 11) is 0. The van der Waals surface area contributed by atoms with Gasteiger partial charge in [0.15, 0.2) is 0 Å². The Labute approximate surface area is 76.7 Å². The van der Waals surface area contributed by atoms with Crippen LogP contribution in [0, 0.1) is 11.8 Å². The lowest BCUT2D eigenvalue weighted by molar-refractivity contribution is -0.145. The molecule has 68 valence electrons. The lowest BCUT2D eigenvalue weighted by Gasteiger charge is -2.39. The van der Waals surface area contributed by atoms with Crippen molar-refractivity contribution in [1.82, 2.24) is 0 Å². The Morgan fingerprint density at radius 1 is 1.42 bits per heavy atom. The number of aliphatic carboxylic acids is 1. The third kappa shape index (κ3) is 1.35. The van der Waals surface area contributed by atoms with Crippen molar-refractivity contribution >= 4 is 17.7 Å². The topological polar surface area (TPSA) is 37.3 Å². The van der Waals surface area contributed by atoms with E-state index in [0.29, 0.717) is 11.2 Å². The molecule has 2 fully saturated rings. The van der Waals surface area contributed by atoms with Crippen LogP contribution in [0.5, 0.6) is 0 Å². The molecule has 0 bridgehead atoms. The van der Waals surface area contributed by atoms with Gasteiger partial charge in [-0.3, -0.25) is 4.79 Å². The first kappa shape index (κ1) is 8.42. The van der Waals surface area contributed by atoms with Crippen molar-refractivity contribution in [3.05, 3.63) is 0 Å². The molecule has 1 N–H and O–H groups in total. The van der Waals surface area contributed by atoms with Gasteiger partial charge in [-0.25, -0.2) is 0 Å². The van der Waals surface area contributed by atoms with E-state index in [1.165, 1.54) is 12.2 Å². The van der Waals surface area contributed by atoms with E-state index < -0.39 is 5.97 Å². The Kier molecular flexibility index (Phi) is 2.31. The third-order valence-electron chi connectivity index (χ3n) is 3.08. The second kappa shape index (κ2) is 3.29. The van der Waals surface area contributed by atoms with Gasteiger partial charge in [-0.15, -0.1) is 0 Å². The second-order valence-electron chi connectivity index (χ2n) is 3.75. The summed E-state index contributed by atoms with van der Waals surface area (Å²) >= 11 is 1.84. The van der Waals surface area contributed by atoms with E-state index in [4.69, 9.17) is 5.11 Å². The molecular weight excluding hydrogens is 172 g/mol. The minimum Gasteiger partial charge on any atom is -0.481 e. The normalized spacial score (nSPS) is 31.8. The van der Waals surface area contributed by atoms with Crippen molar-refractivity contribution in [1.29, 1.82) is 0 Å². The van der Waals surface area contributed by atoms with Gasteiger partial charge in [-0.05, 0) is 30.9 Å². The predicted molar refractivity (Wildman–Crippen MR) is 49.3 cm³/mol. The van der Waals surface area contributed by atoms with Crippen LogP contribution in [0.1, 0.15) is 25.7 Å². The van der Waals surface area contributed by atoms with Gasteiger partial charge in [0.25, 0.3) is 0 Å². The smallest absolute Gasteiger partial charge is 0.307 e. The van der Waals surface area contributed by atoms with Crippen LogP contribution in [-0.2, 0) is 4.79 Å². The fourth-order valence-corrected chi connectivity index (χ4v) is 3.05. The van der Waals surface area contributed by atoms with Crippen LogP contribution in [0.4, 0.5) is 0 Å². The molecule has 2 unspecified atom stereocenters. The second-order valence-corrected chi connectivity index (χ2v) is 5.10. The average Bonchev–Trinajstić information content (AvgIpc) is 1.77. The van der Waals surface area contributed by atoms with E-state index >= 15 is 0 Å². The van der Waals surface area contributed by atoms with Gasteiger partial charge in [0.1, 0.15) is 0 Å². The Hall–Kier alpha value is -0.180. The van der Waals surface area contributed by atoms with E-state index in [0.717, 1.165) is 19.3 Å². The number of hydrogen-bond acceptors (Lipinski definition) is 2. The number of carboxylic acids is 1. The summed E-state index contributed by atoms with van der Waals surface area (Å²) in [6.45, 7) is 0. The fraction of sp³-hybridized carbons (Fsp3) is 0.889. The zero-order valence-electron chi connectivity index (χ0n) is 7.03. The Morgan fingerprint density at radius 3 is 2.33 bits per heavy atom. The van der Waals surface area contributed by atoms with Gasteiger partial charge in [0, 0.05) is 5.25 Å². The summed E-state index contributed by atoms with van der Waals surface area (Å²) in [6.07, 6.45) is 4.66. The molecule has 2 aliphatic rings. The first-order valence-corrected chi connectivity index (χ1v) is 5.68. The molecule has 0 radical (unpaired) electrons. The molecular formula is C9H14O2S. The number of hydrogen-bond donors (Lipinski definition) is 1. The monoisotopic (exact) mass is 186 g/mol. The van der Waals surface area contributed by atoms with Crippen molar-refractivity contribution in [3.8, 4) is 0 Å². The van der Waals surface area contributed by atoms with Crippen molar-refractivity contribution in [2.45, 2.75) is 30.9 Å². The van der Waals surface area contributed by atoms with Crippen LogP contribution in [0.2, 0.25) is 0 Å². The summed E-state index contributed by atoms with van der Waals surface area (Å²) in [5.41, 5.74) is 0. The predicted octanol–water partition coefficient (Wildman–Crippen LogP) is 1.99. The maximum Gasteiger partial charge on any atom is 0.307 e. The van der Waals surface area contributed by atoms with Gasteiger partial charge < -0.3 is 5.11 Å². The molecule has 1 saturated heterocycles. The van der Waals surface area contributed by atoms with Gasteiger partial charge in [-0.1, -0.05) is 6.42 Å². The minimum absolute atomic E-state index is 0.0301. The van der Waals surface area contributed by atoms with Crippen LogP contribution >= 0.6 is 11.8 Å². The van der Waals surface area contributed by atoms with Crippen molar-refractivity contribution in [2.24, 2.45) is 11.8 Å². The summed E-state index contributed by atoms with van der Waals surface area (Å²) in [5, 5.41) is 9.47. The Morgan fingerprint density at radius 2 is 2.08 bits per heavy atom. The van der Waals surface area contributed by atoms with Crippen LogP contribution in [-0.4, -0.2) is 22.1 Å². The fourth-order valence-electron chi connectivity index (χ4n) is 2.00. The standard InChI is InChI=1S/C9H14O2S/c10-9(11)8(6-2-1-3-6)7-4-5-12-7/h6-8H,1-5H2,(H,10,11). The molecule has 0 spiro atoms. The zero-order chi connectivity index (χ0) is 8.55. The summed E-state index contributed by atoms with van der Waals surface area (Å²) in [4.78, 5) is 11.0. The largest absolute Gasteiger partial charge is 0.481 e. The van der Waals surface area contributed by atoms with Gasteiger partial charge in [0.2, 0.25) is 0 Å². The molecule has 2 rings (SSSR count). The van der Waals surface area contributed by atoms with E-state index in [1.54, 1.807) is 0 Å². The maximum atomic E-state index is 11.0. The molecule has 2 atom stereocenters. The first-order valence-electron chi connectivity index (χ1n) is 4.63. The molecule has 0 aromatic rings.